The van der Waals surface area contributed by atoms with Gasteiger partial charge in [-0.05, 0) is 32.3 Å². The van der Waals surface area contributed by atoms with E-state index in [1.54, 1.807) is 25.1 Å². The van der Waals surface area contributed by atoms with Gasteiger partial charge in [0.25, 0.3) is 5.69 Å². The van der Waals surface area contributed by atoms with Crippen molar-refractivity contribution in [2.24, 2.45) is 0 Å². The number of benzene rings is 2. The van der Waals surface area contributed by atoms with E-state index < -0.39 is 11.0 Å². The van der Waals surface area contributed by atoms with Gasteiger partial charge in [0.05, 0.1) is 11.3 Å². The molecule has 0 aliphatic heterocycles. The van der Waals surface area contributed by atoms with Crippen LogP contribution in [0.25, 0.3) is 0 Å². The second-order valence-corrected chi connectivity index (χ2v) is 8.24. The third-order valence-corrected chi connectivity index (χ3v) is 5.83. The molecular formula is C24H29N3O4. The third-order valence-electron chi connectivity index (χ3n) is 5.83. The molecule has 1 aliphatic carbocycles. The summed E-state index contributed by atoms with van der Waals surface area (Å²) in [5.41, 5.74) is 2.23. The van der Waals surface area contributed by atoms with Crippen LogP contribution < -0.4 is 5.32 Å². The first-order valence-electron chi connectivity index (χ1n) is 10.7. The monoisotopic (exact) mass is 423 g/mol. The first-order valence-corrected chi connectivity index (χ1v) is 10.7. The average molecular weight is 424 g/mol. The van der Waals surface area contributed by atoms with Crippen LogP contribution in [-0.4, -0.2) is 33.7 Å². The summed E-state index contributed by atoms with van der Waals surface area (Å²) in [6.07, 6.45) is 3.98. The van der Waals surface area contributed by atoms with Gasteiger partial charge in [-0.3, -0.25) is 19.7 Å². The molecule has 2 aromatic rings. The van der Waals surface area contributed by atoms with Crippen LogP contribution in [0.5, 0.6) is 0 Å². The Labute approximate surface area is 182 Å². The molecule has 31 heavy (non-hydrogen) atoms. The number of nitro benzene ring substituents is 1. The predicted molar refractivity (Wildman–Crippen MR) is 118 cm³/mol. The molecule has 0 spiro atoms. The number of rotatable bonds is 8. The maximum Gasteiger partial charge on any atom is 0.273 e. The highest BCUT2D eigenvalue weighted by molar-refractivity contribution is 5.88. The van der Waals surface area contributed by atoms with E-state index in [4.69, 9.17) is 0 Å². The second-order valence-electron chi connectivity index (χ2n) is 8.24. The average Bonchev–Trinajstić information content (AvgIpc) is 3.24. The van der Waals surface area contributed by atoms with Gasteiger partial charge in [0, 0.05) is 24.2 Å². The standard InChI is InChI=1S/C24H29N3O4/c1-17-8-7-9-19(14-17)16-26(18(2)24(29)25-21-11-4-5-12-21)23(28)15-20-10-3-6-13-22(20)27(30)31/h3,6-10,13-14,18,21H,4-5,11-12,15-16H2,1-2H3,(H,25,29)/t18-/m1/s1. The van der Waals surface area contributed by atoms with Gasteiger partial charge in [-0.15, -0.1) is 0 Å². The van der Waals surface area contributed by atoms with Crippen molar-refractivity contribution in [3.63, 3.8) is 0 Å². The molecule has 7 nitrogen and oxygen atoms in total. The molecule has 1 fully saturated rings. The van der Waals surface area contributed by atoms with E-state index in [0.29, 0.717) is 5.56 Å². The summed E-state index contributed by atoms with van der Waals surface area (Å²) in [5, 5.41) is 14.4. The number of para-hydroxylation sites is 1. The van der Waals surface area contributed by atoms with Gasteiger partial charge in [0.1, 0.15) is 6.04 Å². The third kappa shape index (κ3) is 5.90. The number of carbonyl (C=O) groups is 2. The molecule has 1 aliphatic rings. The van der Waals surface area contributed by atoms with Crippen LogP contribution in [-0.2, 0) is 22.6 Å². The molecule has 1 N–H and O–H groups in total. The maximum absolute atomic E-state index is 13.3. The van der Waals surface area contributed by atoms with Gasteiger partial charge in [0.15, 0.2) is 0 Å². The number of hydrogen-bond acceptors (Lipinski definition) is 4. The van der Waals surface area contributed by atoms with Crippen molar-refractivity contribution < 1.29 is 14.5 Å². The van der Waals surface area contributed by atoms with Crippen LogP contribution in [0.2, 0.25) is 0 Å². The minimum atomic E-state index is -0.684. The molecule has 1 saturated carbocycles. The smallest absolute Gasteiger partial charge is 0.273 e. The van der Waals surface area contributed by atoms with Crippen molar-refractivity contribution in [2.75, 3.05) is 0 Å². The summed E-state index contributed by atoms with van der Waals surface area (Å²) < 4.78 is 0. The van der Waals surface area contributed by atoms with E-state index in [0.717, 1.165) is 36.8 Å². The van der Waals surface area contributed by atoms with Gasteiger partial charge < -0.3 is 10.2 Å². The molecule has 2 aromatic carbocycles. The zero-order valence-electron chi connectivity index (χ0n) is 18.0. The van der Waals surface area contributed by atoms with Crippen LogP contribution in [0.1, 0.15) is 49.3 Å². The van der Waals surface area contributed by atoms with Gasteiger partial charge in [0.2, 0.25) is 11.8 Å². The Morgan fingerprint density at radius 1 is 1.16 bits per heavy atom. The van der Waals surface area contributed by atoms with Crippen molar-refractivity contribution in [2.45, 2.75) is 64.6 Å². The lowest BCUT2D eigenvalue weighted by atomic mass is 10.1. The number of nitrogens with zero attached hydrogens (tertiary/aromatic N) is 2. The van der Waals surface area contributed by atoms with Gasteiger partial charge >= 0.3 is 0 Å². The highest BCUT2D eigenvalue weighted by atomic mass is 16.6. The first-order chi connectivity index (χ1) is 14.8. The summed E-state index contributed by atoms with van der Waals surface area (Å²) in [4.78, 5) is 38.6. The summed E-state index contributed by atoms with van der Waals surface area (Å²) >= 11 is 0. The van der Waals surface area contributed by atoms with E-state index in [9.17, 15) is 19.7 Å². The molecule has 1 atom stereocenters. The normalized spacial score (nSPS) is 14.8. The van der Waals surface area contributed by atoms with Crippen molar-refractivity contribution in [1.29, 1.82) is 0 Å². The lowest BCUT2D eigenvalue weighted by molar-refractivity contribution is -0.385. The van der Waals surface area contributed by atoms with Gasteiger partial charge in [-0.1, -0.05) is 60.9 Å². The number of nitro groups is 1. The van der Waals surface area contributed by atoms with E-state index in [-0.39, 0.29) is 36.5 Å². The zero-order valence-corrected chi connectivity index (χ0v) is 18.0. The first kappa shape index (κ1) is 22.5. The lowest BCUT2D eigenvalue weighted by Gasteiger charge is -2.30. The SMILES string of the molecule is Cc1cccc(CN(C(=O)Cc2ccccc2[N+](=O)[O-])[C@H](C)C(=O)NC2CCCC2)c1. The molecule has 2 amide bonds. The summed E-state index contributed by atoms with van der Waals surface area (Å²) in [6.45, 7) is 3.96. The minimum absolute atomic E-state index is 0.0885. The van der Waals surface area contributed by atoms with E-state index in [2.05, 4.69) is 5.32 Å². The Balaban J connectivity index is 1.82. The molecular weight excluding hydrogens is 394 g/mol. The fourth-order valence-electron chi connectivity index (χ4n) is 4.08. The highest BCUT2D eigenvalue weighted by Gasteiger charge is 2.29. The topological polar surface area (TPSA) is 92.6 Å². The highest BCUT2D eigenvalue weighted by Crippen LogP contribution is 2.21. The van der Waals surface area contributed by atoms with E-state index >= 15 is 0 Å². The lowest BCUT2D eigenvalue weighted by Crippen LogP contribution is -2.50. The Hall–Kier alpha value is -3.22. The molecule has 0 unspecified atom stereocenters. The van der Waals surface area contributed by atoms with Gasteiger partial charge in [-0.2, -0.15) is 0 Å². The van der Waals surface area contributed by atoms with Crippen molar-refractivity contribution in [3.8, 4) is 0 Å². The van der Waals surface area contributed by atoms with Crippen LogP contribution in [0.15, 0.2) is 48.5 Å². The number of amides is 2. The van der Waals surface area contributed by atoms with Crippen LogP contribution in [0.4, 0.5) is 5.69 Å². The van der Waals surface area contributed by atoms with Crippen LogP contribution in [0.3, 0.4) is 0 Å². The number of aryl methyl sites for hydroxylation is 1. The Morgan fingerprint density at radius 3 is 2.55 bits per heavy atom. The number of hydrogen-bond donors (Lipinski definition) is 1. The molecule has 164 valence electrons. The van der Waals surface area contributed by atoms with Gasteiger partial charge in [-0.25, -0.2) is 0 Å². The molecule has 0 saturated heterocycles. The Bertz CT molecular complexity index is 953. The Morgan fingerprint density at radius 2 is 1.87 bits per heavy atom. The fourth-order valence-corrected chi connectivity index (χ4v) is 4.08. The fraction of sp³-hybridized carbons (Fsp3) is 0.417. The molecule has 0 heterocycles. The van der Waals surface area contributed by atoms with Crippen molar-refractivity contribution in [1.82, 2.24) is 10.2 Å². The largest absolute Gasteiger partial charge is 0.352 e. The number of nitrogens with one attached hydrogen (secondary N) is 1. The van der Waals surface area contributed by atoms with Crippen LogP contribution in [0, 0.1) is 17.0 Å². The number of carbonyl (C=O) groups excluding carboxylic acids is 2. The van der Waals surface area contributed by atoms with Crippen molar-refractivity contribution in [3.05, 3.63) is 75.3 Å². The summed E-state index contributed by atoms with van der Waals surface area (Å²) in [5.74, 6) is -0.500. The van der Waals surface area contributed by atoms with Crippen molar-refractivity contribution >= 4 is 17.5 Å². The van der Waals surface area contributed by atoms with Crippen LogP contribution >= 0.6 is 0 Å². The second kappa shape index (κ2) is 10.2. The van der Waals surface area contributed by atoms with E-state index in [1.807, 2.05) is 31.2 Å². The maximum atomic E-state index is 13.3. The summed E-state index contributed by atoms with van der Waals surface area (Å²) in [6, 6.07) is 13.5. The molecule has 7 heteroatoms. The molecule has 0 aromatic heterocycles. The zero-order chi connectivity index (χ0) is 22.4. The molecule has 3 rings (SSSR count). The predicted octanol–water partition coefficient (Wildman–Crippen LogP) is 3.92. The molecule has 0 radical (unpaired) electrons. The van der Waals surface area contributed by atoms with E-state index in [1.165, 1.54) is 11.0 Å². The minimum Gasteiger partial charge on any atom is -0.352 e. The Kier molecular flexibility index (Phi) is 7.39. The summed E-state index contributed by atoms with van der Waals surface area (Å²) in [7, 11) is 0. The quantitative estimate of drug-likeness (QED) is 0.514. The molecule has 0 bridgehead atoms.